The molecule has 6 nitrogen and oxygen atoms in total. The number of hydrogen-bond donors (Lipinski definition) is 0. The van der Waals surface area contributed by atoms with Crippen LogP contribution in [0.25, 0.3) is 22.3 Å². The third-order valence-corrected chi connectivity index (χ3v) is 6.96. The van der Waals surface area contributed by atoms with Gasteiger partial charge in [0.15, 0.2) is 0 Å². The molecule has 0 aliphatic heterocycles. The maximum Gasteiger partial charge on any atom is 0.339 e. The summed E-state index contributed by atoms with van der Waals surface area (Å²) in [6, 6.07) is 19.1. The van der Waals surface area contributed by atoms with E-state index in [4.69, 9.17) is 14.2 Å². The molecule has 0 aromatic rings. The second-order valence-corrected chi connectivity index (χ2v) is 9.63. The summed E-state index contributed by atoms with van der Waals surface area (Å²) in [5.74, 6) is -1.08. The SMILES string of the molecule is CCOC(=O)c1c2cccccc-2c(C(=O)OCC)c1CCc1cc(C(=O)OC)c2cc(C(C)C)cccc1-2. The van der Waals surface area contributed by atoms with Crippen molar-refractivity contribution in [1.29, 1.82) is 0 Å². The summed E-state index contributed by atoms with van der Waals surface area (Å²) in [6.07, 6.45) is 0.853. The van der Waals surface area contributed by atoms with Gasteiger partial charge in [-0.2, -0.15) is 0 Å². The average Bonchev–Trinajstić information content (AvgIpc) is 3.16. The Labute approximate surface area is 229 Å². The summed E-state index contributed by atoms with van der Waals surface area (Å²) in [5, 5.41) is 0. The van der Waals surface area contributed by atoms with Gasteiger partial charge in [-0.25, -0.2) is 14.4 Å². The highest BCUT2D eigenvalue weighted by Gasteiger charge is 2.32. The van der Waals surface area contributed by atoms with Gasteiger partial charge in [0.2, 0.25) is 0 Å². The fraction of sp³-hybridized carbons (Fsp3) is 0.303. The van der Waals surface area contributed by atoms with Gasteiger partial charge in [-0.1, -0.05) is 68.4 Å². The van der Waals surface area contributed by atoms with Crippen LogP contribution in [0, 0.1) is 0 Å². The Bertz CT molecular complexity index is 1400. The van der Waals surface area contributed by atoms with Crippen LogP contribution in [-0.2, 0) is 27.1 Å². The van der Waals surface area contributed by atoms with E-state index >= 15 is 0 Å². The summed E-state index contributed by atoms with van der Waals surface area (Å²) < 4.78 is 16.0. The van der Waals surface area contributed by atoms with Crippen LogP contribution in [0.1, 0.15) is 81.4 Å². The molecule has 0 aromatic carbocycles. The van der Waals surface area contributed by atoms with Crippen molar-refractivity contribution in [3.05, 3.63) is 94.0 Å². The first-order chi connectivity index (χ1) is 18.8. The topological polar surface area (TPSA) is 78.9 Å². The van der Waals surface area contributed by atoms with E-state index < -0.39 is 17.9 Å². The lowest BCUT2D eigenvalue weighted by atomic mass is 9.98. The van der Waals surface area contributed by atoms with Crippen LogP contribution in [0.15, 0.2) is 60.7 Å². The van der Waals surface area contributed by atoms with Crippen LogP contribution in [0.3, 0.4) is 0 Å². The first-order valence-electron chi connectivity index (χ1n) is 13.3. The lowest BCUT2D eigenvalue weighted by molar-refractivity contribution is 0.0525. The molecule has 4 rings (SSSR count). The van der Waals surface area contributed by atoms with Crippen molar-refractivity contribution in [3.63, 3.8) is 0 Å². The molecule has 202 valence electrons. The zero-order valence-electron chi connectivity index (χ0n) is 23.1. The fourth-order valence-corrected chi connectivity index (χ4v) is 5.13. The molecule has 39 heavy (non-hydrogen) atoms. The number of hydrogen-bond acceptors (Lipinski definition) is 6. The third-order valence-electron chi connectivity index (χ3n) is 6.96. The molecule has 0 aromatic heterocycles. The number of esters is 3. The van der Waals surface area contributed by atoms with Gasteiger partial charge in [0.1, 0.15) is 0 Å². The molecule has 0 amide bonds. The molecular formula is C33H34O6. The molecule has 0 bridgehead atoms. The molecule has 0 unspecified atom stereocenters. The highest BCUT2D eigenvalue weighted by atomic mass is 16.5. The van der Waals surface area contributed by atoms with Crippen LogP contribution in [0.5, 0.6) is 0 Å². The van der Waals surface area contributed by atoms with Crippen LogP contribution in [0.4, 0.5) is 0 Å². The second kappa shape index (κ2) is 12.1. The van der Waals surface area contributed by atoms with E-state index in [0.717, 1.165) is 22.3 Å². The number of carbonyl (C=O) groups excluding carboxylic acids is 3. The fourth-order valence-electron chi connectivity index (χ4n) is 5.13. The van der Waals surface area contributed by atoms with Crippen molar-refractivity contribution in [2.24, 2.45) is 0 Å². The van der Waals surface area contributed by atoms with Gasteiger partial charge in [0.25, 0.3) is 0 Å². The monoisotopic (exact) mass is 526 g/mol. The van der Waals surface area contributed by atoms with E-state index in [9.17, 15) is 14.4 Å². The van der Waals surface area contributed by atoms with E-state index in [1.807, 2.05) is 54.6 Å². The molecule has 0 N–H and O–H groups in total. The molecule has 6 heteroatoms. The molecule has 0 atom stereocenters. The van der Waals surface area contributed by atoms with E-state index in [-0.39, 0.29) is 19.1 Å². The Morgan fingerprint density at radius 3 is 1.82 bits per heavy atom. The van der Waals surface area contributed by atoms with Crippen molar-refractivity contribution >= 4 is 17.9 Å². The van der Waals surface area contributed by atoms with Crippen molar-refractivity contribution in [3.8, 4) is 22.3 Å². The number of ether oxygens (including phenoxy) is 3. The van der Waals surface area contributed by atoms with Gasteiger partial charge in [0.05, 0.1) is 37.0 Å². The lowest BCUT2D eigenvalue weighted by Crippen LogP contribution is -2.11. The molecule has 0 heterocycles. The van der Waals surface area contributed by atoms with Crippen molar-refractivity contribution in [2.45, 2.75) is 46.5 Å². The summed E-state index contributed by atoms with van der Waals surface area (Å²) in [6.45, 7) is 8.15. The molecule has 0 saturated carbocycles. The zero-order valence-corrected chi connectivity index (χ0v) is 23.1. The quantitative estimate of drug-likeness (QED) is 0.174. The number of aryl methyl sites for hydroxylation is 1. The maximum atomic E-state index is 13.2. The number of carbonyl (C=O) groups is 3. The molecule has 0 radical (unpaired) electrons. The van der Waals surface area contributed by atoms with E-state index in [2.05, 4.69) is 19.9 Å². The van der Waals surface area contributed by atoms with Gasteiger partial charge >= 0.3 is 17.9 Å². The average molecular weight is 527 g/mol. The van der Waals surface area contributed by atoms with Crippen LogP contribution in [0.2, 0.25) is 0 Å². The summed E-state index contributed by atoms with van der Waals surface area (Å²) in [4.78, 5) is 39.2. The highest BCUT2D eigenvalue weighted by molar-refractivity contribution is 6.10. The summed E-state index contributed by atoms with van der Waals surface area (Å²) in [5.41, 5.74) is 6.92. The second-order valence-electron chi connectivity index (χ2n) is 9.63. The Morgan fingerprint density at radius 1 is 0.692 bits per heavy atom. The molecule has 0 fully saturated rings. The Kier molecular flexibility index (Phi) is 8.65. The molecule has 4 aliphatic carbocycles. The molecule has 4 aliphatic rings. The van der Waals surface area contributed by atoms with Gasteiger partial charge in [-0.3, -0.25) is 0 Å². The first kappa shape index (κ1) is 27.8. The van der Waals surface area contributed by atoms with E-state index in [0.29, 0.717) is 46.2 Å². The summed E-state index contributed by atoms with van der Waals surface area (Å²) in [7, 11) is 1.37. The van der Waals surface area contributed by atoms with Crippen LogP contribution < -0.4 is 0 Å². The van der Waals surface area contributed by atoms with Crippen molar-refractivity contribution in [2.75, 3.05) is 20.3 Å². The number of fused-ring (bicyclic) bond motifs is 2. The minimum absolute atomic E-state index is 0.212. The third kappa shape index (κ3) is 5.51. The lowest BCUT2D eigenvalue weighted by Gasteiger charge is -2.09. The Hall–Kier alpha value is -4.19. The smallest absolute Gasteiger partial charge is 0.339 e. The van der Waals surface area contributed by atoms with Crippen LogP contribution >= 0.6 is 0 Å². The predicted molar refractivity (Wildman–Crippen MR) is 151 cm³/mol. The molecule has 0 spiro atoms. The number of rotatable bonds is 9. The normalized spacial score (nSPS) is 11.1. The van der Waals surface area contributed by atoms with E-state index in [1.54, 1.807) is 13.8 Å². The number of methoxy groups -OCH3 is 1. The molecular weight excluding hydrogens is 492 g/mol. The van der Waals surface area contributed by atoms with Gasteiger partial charge in [0, 0.05) is 0 Å². The van der Waals surface area contributed by atoms with Gasteiger partial charge in [-0.15, -0.1) is 0 Å². The minimum atomic E-state index is -0.477. The van der Waals surface area contributed by atoms with Crippen molar-refractivity contribution < 1.29 is 28.6 Å². The maximum absolute atomic E-state index is 13.2. The van der Waals surface area contributed by atoms with Gasteiger partial charge < -0.3 is 14.2 Å². The summed E-state index contributed by atoms with van der Waals surface area (Å²) >= 11 is 0. The first-order valence-corrected chi connectivity index (χ1v) is 13.3. The zero-order chi connectivity index (χ0) is 28.1. The predicted octanol–water partition coefficient (Wildman–Crippen LogP) is 6.94. The molecule has 0 saturated heterocycles. The van der Waals surface area contributed by atoms with Crippen LogP contribution in [-0.4, -0.2) is 38.2 Å². The highest BCUT2D eigenvalue weighted by Crippen LogP contribution is 2.40. The Morgan fingerprint density at radius 2 is 1.28 bits per heavy atom. The Balaban J connectivity index is 1.87. The largest absolute Gasteiger partial charge is 0.465 e. The van der Waals surface area contributed by atoms with Crippen molar-refractivity contribution in [1.82, 2.24) is 0 Å². The minimum Gasteiger partial charge on any atom is -0.465 e. The van der Waals surface area contributed by atoms with E-state index in [1.165, 1.54) is 7.11 Å². The standard InChI is InChI=1S/C33H34O6/c1-6-38-32(35)29-24-13-9-8-10-14-25(24)30(33(36)39-7-2)26(29)17-16-22-19-28(31(34)37-5)27-18-21(20(3)4)12-11-15-23(22)27/h8-15,18-20H,6-7,16-17H2,1-5H3. The van der Waals surface area contributed by atoms with Gasteiger partial charge in [-0.05, 0) is 77.6 Å².